The van der Waals surface area contributed by atoms with Crippen LogP contribution in [-0.2, 0) is 9.53 Å². The highest BCUT2D eigenvalue weighted by atomic mass is 35.5. The Labute approximate surface area is 185 Å². The summed E-state index contributed by atoms with van der Waals surface area (Å²) in [5.74, 6) is -1.21. The molecule has 0 saturated heterocycles. The van der Waals surface area contributed by atoms with E-state index in [1.54, 1.807) is 31.2 Å². The third kappa shape index (κ3) is 5.77. The Morgan fingerprint density at radius 2 is 1.97 bits per heavy atom. The van der Waals surface area contributed by atoms with Crippen molar-refractivity contribution in [2.24, 2.45) is 0 Å². The summed E-state index contributed by atoms with van der Waals surface area (Å²) in [4.78, 5) is 39.1. The molecular weight excluding hydrogens is 446 g/mol. The van der Waals surface area contributed by atoms with Crippen molar-refractivity contribution < 1.29 is 24.0 Å². The summed E-state index contributed by atoms with van der Waals surface area (Å²) in [6.07, 6.45) is 0. The molecule has 1 N–H and O–H groups in total. The molecule has 0 saturated carbocycles. The number of thiazole rings is 1. The summed E-state index contributed by atoms with van der Waals surface area (Å²) in [6.45, 7) is 1.46. The molecule has 0 bridgehead atoms. The van der Waals surface area contributed by atoms with Crippen molar-refractivity contribution in [2.45, 2.75) is 6.92 Å². The standard InChI is InChI=1S/C20H16ClN3O6S/c1-2-29-14-7-8-15(17(9-14)24(27)28)22-18(25)10-30-20(26)16-11-31-19(23-16)12-3-5-13(21)6-4-12/h3-9,11H,2,10H2,1H3,(H,22,25). The molecule has 31 heavy (non-hydrogen) atoms. The van der Waals surface area contributed by atoms with Crippen LogP contribution in [0, 0.1) is 10.1 Å². The quantitative estimate of drug-likeness (QED) is 0.296. The lowest BCUT2D eigenvalue weighted by Crippen LogP contribution is -2.21. The summed E-state index contributed by atoms with van der Waals surface area (Å²) in [6, 6.07) is 11.0. The van der Waals surface area contributed by atoms with E-state index in [0.717, 1.165) is 5.56 Å². The zero-order valence-corrected chi connectivity index (χ0v) is 17.7. The van der Waals surface area contributed by atoms with E-state index in [1.165, 1.54) is 34.9 Å². The van der Waals surface area contributed by atoms with Crippen LogP contribution in [0.1, 0.15) is 17.4 Å². The zero-order chi connectivity index (χ0) is 22.4. The van der Waals surface area contributed by atoms with Crippen molar-refractivity contribution in [3.63, 3.8) is 0 Å². The molecule has 1 heterocycles. The fraction of sp³-hybridized carbons (Fsp3) is 0.150. The van der Waals surface area contributed by atoms with E-state index < -0.39 is 23.4 Å². The van der Waals surface area contributed by atoms with E-state index in [2.05, 4.69) is 10.3 Å². The van der Waals surface area contributed by atoms with Gasteiger partial charge in [0.2, 0.25) is 0 Å². The molecule has 0 atom stereocenters. The van der Waals surface area contributed by atoms with Crippen molar-refractivity contribution in [1.82, 2.24) is 4.98 Å². The van der Waals surface area contributed by atoms with Gasteiger partial charge in [-0.3, -0.25) is 14.9 Å². The molecule has 0 radical (unpaired) electrons. The number of anilines is 1. The second kappa shape index (κ2) is 10.0. The number of amides is 1. The van der Waals surface area contributed by atoms with Gasteiger partial charge in [-0.2, -0.15) is 0 Å². The molecule has 0 aliphatic heterocycles. The lowest BCUT2D eigenvalue weighted by Gasteiger charge is -2.08. The van der Waals surface area contributed by atoms with Gasteiger partial charge in [-0.05, 0) is 31.2 Å². The van der Waals surface area contributed by atoms with E-state index in [1.807, 2.05) is 0 Å². The molecular formula is C20H16ClN3O6S. The van der Waals surface area contributed by atoms with Gasteiger partial charge in [0.25, 0.3) is 11.6 Å². The van der Waals surface area contributed by atoms with E-state index in [0.29, 0.717) is 22.4 Å². The Kier molecular flexibility index (Phi) is 7.16. The average Bonchev–Trinajstić information content (AvgIpc) is 3.24. The normalized spacial score (nSPS) is 10.4. The van der Waals surface area contributed by atoms with Gasteiger partial charge in [0.1, 0.15) is 16.4 Å². The van der Waals surface area contributed by atoms with Crippen LogP contribution >= 0.6 is 22.9 Å². The monoisotopic (exact) mass is 461 g/mol. The number of benzene rings is 2. The molecule has 3 rings (SSSR count). The van der Waals surface area contributed by atoms with Crippen LogP contribution in [0.5, 0.6) is 5.75 Å². The van der Waals surface area contributed by atoms with Gasteiger partial charge in [0, 0.05) is 16.0 Å². The van der Waals surface area contributed by atoms with Crippen molar-refractivity contribution in [1.29, 1.82) is 0 Å². The Hall–Kier alpha value is -3.50. The van der Waals surface area contributed by atoms with Crippen LogP contribution in [0.2, 0.25) is 5.02 Å². The van der Waals surface area contributed by atoms with Gasteiger partial charge < -0.3 is 14.8 Å². The predicted octanol–water partition coefficient (Wildman–Crippen LogP) is 4.57. The molecule has 160 valence electrons. The SMILES string of the molecule is CCOc1ccc(NC(=O)COC(=O)c2csc(-c3ccc(Cl)cc3)n2)c([N+](=O)[O-])c1. The minimum Gasteiger partial charge on any atom is -0.494 e. The molecule has 3 aromatic rings. The highest BCUT2D eigenvalue weighted by Gasteiger charge is 2.19. The van der Waals surface area contributed by atoms with E-state index in [4.69, 9.17) is 21.1 Å². The fourth-order valence-electron chi connectivity index (χ4n) is 2.51. The van der Waals surface area contributed by atoms with Crippen molar-refractivity contribution in [2.75, 3.05) is 18.5 Å². The Morgan fingerprint density at radius 3 is 2.65 bits per heavy atom. The van der Waals surface area contributed by atoms with Crippen LogP contribution in [0.3, 0.4) is 0 Å². The van der Waals surface area contributed by atoms with Gasteiger partial charge in [-0.25, -0.2) is 9.78 Å². The van der Waals surface area contributed by atoms with Gasteiger partial charge in [0.05, 0.1) is 17.6 Å². The van der Waals surface area contributed by atoms with Crippen molar-refractivity contribution in [3.8, 4) is 16.3 Å². The second-order valence-corrected chi connectivity index (χ2v) is 7.33. The summed E-state index contributed by atoms with van der Waals surface area (Å²) in [5.41, 5.74) is 0.467. The summed E-state index contributed by atoms with van der Waals surface area (Å²) < 4.78 is 10.2. The lowest BCUT2D eigenvalue weighted by atomic mass is 10.2. The van der Waals surface area contributed by atoms with Gasteiger partial charge in [0.15, 0.2) is 12.3 Å². The second-order valence-electron chi connectivity index (χ2n) is 6.04. The topological polar surface area (TPSA) is 121 Å². The average molecular weight is 462 g/mol. The number of nitro groups is 1. The van der Waals surface area contributed by atoms with Crippen molar-refractivity contribution in [3.05, 3.63) is 68.7 Å². The van der Waals surface area contributed by atoms with Gasteiger partial charge in [-0.15, -0.1) is 11.3 Å². The third-order valence-electron chi connectivity index (χ3n) is 3.89. The maximum atomic E-state index is 12.2. The molecule has 1 amide bonds. The fourth-order valence-corrected chi connectivity index (χ4v) is 3.43. The van der Waals surface area contributed by atoms with E-state index >= 15 is 0 Å². The molecule has 0 unspecified atom stereocenters. The summed E-state index contributed by atoms with van der Waals surface area (Å²) >= 11 is 7.10. The lowest BCUT2D eigenvalue weighted by molar-refractivity contribution is -0.384. The van der Waals surface area contributed by atoms with Crippen LogP contribution in [0.15, 0.2) is 47.8 Å². The maximum absolute atomic E-state index is 12.2. The molecule has 0 aliphatic rings. The van der Waals surface area contributed by atoms with Crippen molar-refractivity contribution >= 4 is 46.2 Å². The van der Waals surface area contributed by atoms with Crippen LogP contribution in [-0.4, -0.2) is 35.0 Å². The van der Waals surface area contributed by atoms with Crippen LogP contribution in [0.4, 0.5) is 11.4 Å². The molecule has 9 nitrogen and oxygen atoms in total. The zero-order valence-electron chi connectivity index (χ0n) is 16.2. The molecule has 2 aromatic carbocycles. The van der Waals surface area contributed by atoms with Gasteiger partial charge in [-0.1, -0.05) is 23.7 Å². The third-order valence-corrected chi connectivity index (χ3v) is 5.03. The predicted molar refractivity (Wildman–Crippen MR) is 116 cm³/mol. The summed E-state index contributed by atoms with van der Waals surface area (Å²) in [7, 11) is 0. The maximum Gasteiger partial charge on any atom is 0.358 e. The first-order valence-corrected chi connectivity index (χ1v) is 10.2. The first-order valence-electron chi connectivity index (χ1n) is 8.97. The number of ether oxygens (including phenoxy) is 2. The number of esters is 1. The molecule has 0 spiro atoms. The number of carbonyl (C=O) groups is 2. The van der Waals surface area contributed by atoms with Crippen LogP contribution in [0.25, 0.3) is 10.6 Å². The van der Waals surface area contributed by atoms with E-state index in [9.17, 15) is 19.7 Å². The number of nitro benzene ring substituents is 1. The molecule has 0 aliphatic carbocycles. The number of nitrogens with zero attached hydrogens (tertiary/aromatic N) is 2. The molecule has 1 aromatic heterocycles. The summed E-state index contributed by atoms with van der Waals surface area (Å²) in [5, 5.41) is 16.3. The highest BCUT2D eigenvalue weighted by molar-refractivity contribution is 7.13. The molecule has 0 fully saturated rings. The Balaban J connectivity index is 1.60. The largest absolute Gasteiger partial charge is 0.494 e. The smallest absolute Gasteiger partial charge is 0.358 e. The Bertz CT molecular complexity index is 1120. The first kappa shape index (κ1) is 22.2. The van der Waals surface area contributed by atoms with Gasteiger partial charge >= 0.3 is 5.97 Å². The number of aromatic nitrogens is 1. The number of hydrogen-bond donors (Lipinski definition) is 1. The first-order chi connectivity index (χ1) is 14.9. The van der Waals surface area contributed by atoms with Crippen LogP contribution < -0.4 is 10.1 Å². The molecule has 11 heteroatoms. The minimum atomic E-state index is -0.784. The number of rotatable bonds is 8. The number of carbonyl (C=O) groups excluding carboxylic acids is 2. The number of hydrogen-bond acceptors (Lipinski definition) is 8. The van der Waals surface area contributed by atoms with E-state index in [-0.39, 0.29) is 17.1 Å². The Morgan fingerprint density at radius 1 is 1.23 bits per heavy atom. The highest BCUT2D eigenvalue weighted by Crippen LogP contribution is 2.29. The number of halogens is 1. The minimum absolute atomic E-state index is 0.0341. The number of nitrogens with one attached hydrogen (secondary N) is 1.